The number of allylic oxidation sites excluding steroid dienone is 2. The van der Waals surface area contributed by atoms with Crippen LogP contribution in [-0.2, 0) is 0 Å². The van der Waals surface area contributed by atoms with E-state index in [1.165, 1.54) is 71.2 Å². The predicted molar refractivity (Wildman–Crippen MR) is 88.3 cm³/mol. The second-order valence-electron chi connectivity index (χ2n) is 8.29. The molecule has 118 valence electrons. The van der Waals surface area contributed by atoms with Crippen LogP contribution in [0, 0.1) is 23.7 Å². The van der Waals surface area contributed by atoms with Gasteiger partial charge in [-0.25, -0.2) is 0 Å². The van der Waals surface area contributed by atoms with Crippen LogP contribution in [0.5, 0.6) is 0 Å². The summed E-state index contributed by atoms with van der Waals surface area (Å²) in [4.78, 5) is 5.57. The van der Waals surface area contributed by atoms with Crippen LogP contribution in [0.4, 0.5) is 0 Å². The summed E-state index contributed by atoms with van der Waals surface area (Å²) in [5.41, 5.74) is 0. The molecule has 21 heavy (non-hydrogen) atoms. The van der Waals surface area contributed by atoms with E-state index in [2.05, 4.69) is 28.9 Å². The van der Waals surface area contributed by atoms with Gasteiger partial charge in [0, 0.05) is 38.8 Å². The Hall–Kier alpha value is -0.340. The summed E-state index contributed by atoms with van der Waals surface area (Å²) in [6.45, 7) is 9.11. The lowest BCUT2D eigenvalue weighted by atomic mass is 9.86. The molecule has 0 aromatic rings. The van der Waals surface area contributed by atoms with Gasteiger partial charge in [-0.15, -0.1) is 0 Å². The Morgan fingerprint density at radius 1 is 0.905 bits per heavy atom. The first-order valence-corrected chi connectivity index (χ1v) is 9.42. The van der Waals surface area contributed by atoms with Gasteiger partial charge >= 0.3 is 0 Å². The van der Waals surface area contributed by atoms with Crippen molar-refractivity contribution in [2.24, 2.45) is 23.7 Å². The van der Waals surface area contributed by atoms with Crippen LogP contribution in [0.1, 0.15) is 45.4 Å². The van der Waals surface area contributed by atoms with Crippen LogP contribution >= 0.6 is 0 Å². The number of piperazine rings is 1. The number of fused-ring (bicyclic) bond motifs is 2. The molecule has 2 saturated carbocycles. The third-order valence-electron chi connectivity index (χ3n) is 6.82. The van der Waals surface area contributed by atoms with E-state index in [1.807, 2.05) is 0 Å². The van der Waals surface area contributed by atoms with Crippen LogP contribution in [0.15, 0.2) is 12.2 Å². The molecule has 3 fully saturated rings. The first-order chi connectivity index (χ1) is 10.3. The summed E-state index contributed by atoms with van der Waals surface area (Å²) < 4.78 is 0. The van der Waals surface area contributed by atoms with Crippen molar-refractivity contribution in [1.82, 2.24) is 9.80 Å². The van der Waals surface area contributed by atoms with Gasteiger partial charge in [0.2, 0.25) is 0 Å². The lowest BCUT2D eigenvalue weighted by molar-refractivity contribution is 0.0628. The minimum absolute atomic E-state index is 0.911. The Morgan fingerprint density at radius 2 is 1.67 bits per heavy atom. The maximum atomic E-state index is 2.81. The fraction of sp³-hybridized carbons (Fsp3) is 0.895. The second-order valence-corrected chi connectivity index (χ2v) is 8.29. The predicted octanol–water partition coefficient (Wildman–Crippen LogP) is 3.39. The molecule has 2 nitrogen and oxygen atoms in total. The Bertz CT molecular complexity index is 375. The topological polar surface area (TPSA) is 6.48 Å². The molecule has 0 aromatic heterocycles. The van der Waals surface area contributed by atoms with Gasteiger partial charge in [0.1, 0.15) is 0 Å². The summed E-state index contributed by atoms with van der Waals surface area (Å²) in [6.07, 6.45) is 13.8. The van der Waals surface area contributed by atoms with Crippen molar-refractivity contribution in [3.63, 3.8) is 0 Å². The highest BCUT2D eigenvalue weighted by Gasteiger charge is 2.37. The van der Waals surface area contributed by atoms with Gasteiger partial charge < -0.3 is 4.90 Å². The number of rotatable bonds is 3. The van der Waals surface area contributed by atoms with Crippen molar-refractivity contribution in [2.45, 2.75) is 51.5 Å². The Balaban J connectivity index is 1.23. The van der Waals surface area contributed by atoms with Crippen molar-refractivity contribution in [2.75, 3.05) is 32.7 Å². The van der Waals surface area contributed by atoms with Crippen molar-refractivity contribution in [1.29, 1.82) is 0 Å². The molecule has 1 heterocycles. The van der Waals surface area contributed by atoms with Crippen LogP contribution < -0.4 is 0 Å². The van der Waals surface area contributed by atoms with E-state index in [1.54, 1.807) is 0 Å². The first-order valence-electron chi connectivity index (χ1n) is 9.42. The standard InChI is InChI=1S/C19H32N2/c1-15-2-6-19(7-3-15)21-10-8-20(9-11-21)14-18-13-16-4-5-17(18)12-16/h4-5,15-19H,2-3,6-14H2,1H3/t15?,16-,17+,18-,19?/m1/s1. The Kier molecular flexibility index (Phi) is 4.10. The summed E-state index contributed by atoms with van der Waals surface area (Å²) in [7, 11) is 0. The van der Waals surface area contributed by atoms with Crippen molar-refractivity contribution >= 4 is 0 Å². The third-order valence-corrected chi connectivity index (χ3v) is 6.82. The van der Waals surface area contributed by atoms with E-state index in [9.17, 15) is 0 Å². The molecule has 0 unspecified atom stereocenters. The fourth-order valence-electron chi connectivity index (χ4n) is 5.35. The van der Waals surface area contributed by atoms with E-state index in [-0.39, 0.29) is 0 Å². The summed E-state index contributed by atoms with van der Waals surface area (Å²) in [6, 6.07) is 0.911. The minimum atomic E-state index is 0.911. The summed E-state index contributed by atoms with van der Waals surface area (Å²) in [5, 5.41) is 0. The van der Waals surface area contributed by atoms with E-state index in [4.69, 9.17) is 0 Å². The van der Waals surface area contributed by atoms with Gasteiger partial charge in [0.15, 0.2) is 0 Å². The van der Waals surface area contributed by atoms with Gasteiger partial charge in [-0.1, -0.05) is 19.1 Å². The number of hydrogen-bond donors (Lipinski definition) is 0. The maximum absolute atomic E-state index is 2.81. The van der Waals surface area contributed by atoms with Gasteiger partial charge in [0.25, 0.3) is 0 Å². The fourth-order valence-corrected chi connectivity index (χ4v) is 5.35. The zero-order valence-corrected chi connectivity index (χ0v) is 13.7. The van der Waals surface area contributed by atoms with Gasteiger partial charge in [-0.05, 0) is 62.2 Å². The molecule has 3 aliphatic carbocycles. The summed E-state index contributed by atoms with van der Waals surface area (Å²) in [5.74, 6) is 3.81. The Labute approximate surface area is 130 Å². The number of nitrogens with zero attached hydrogens (tertiary/aromatic N) is 2. The highest BCUT2D eigenvalue weighted by atomic mass is 15.3. The van der Waals surface area contributed by atoms with Crippen molar-refractivity contribution in [3.8, 4) is 0 Å². The Morgan fingerprint density at radius 3 is 2.29 bits per heavy atom. The molecule has 0 aromatic carbocycles. The zero-order valence-electron chi connectivity index (χ0n) is 13.7. The van der Waals surface area contributed by atoms with E-state index >= 15 is 0 Å². The molecule has 1 aliphatic heterocycles. The van der Waals surface area contributed by atoms with Gasteiger partial charge in [0.05, 0.1) is 0 Å². The molecule has 0 radical (unpaired) electrons. The molecule has 2 heteroatoms. The number of hydrogen-bond acceptors (Lipinski definition) is 2. The average molecular weight is 288 g/mol. The van der Waals surface area contributed by atoms with E-state index < -0.39 is 0 Å². The van der Waals surface area contributed by atoms with Crippen LogP contribution in [0.2, 0.25) is 0 Å². The maximum Gasteiger partial charge on any atom is 0.0113 e. The van der Waals surface area contributed by atoms with Gasteiger partial charge in [-0.3, -0.25) is 4.90 Å². The minimum Gasteiger partial charge on any atom is -0.300 e. The van der Waals surface area contributed by atoms with Crippen molar-refractivity contribution in [3.05, 3.63) is 12.2 Å². The molecule has 3 atom stereocenters. The highest BCUT2D eigenvalue weighted by Crippen LogP contribution is 2.43. The molecule has 0 N–H and O–H groups in total. The molecule has 4 aliphatic rings. The molecule has 0 amide bonds. The van der Waals surface area contributed by atoms with Crippen LogP contribution in [0.25, 0.3) is 0 Å². The summed E-state index contributed by atoms with van der Waals surface area (Å²) >= 11 is 0. The smallest absolute Gasteiger partial charge is 0.0113 e. The molecular formula is C19H32N2. The third kappa shape index (κ3) is 3.07. The molecule has 1 saturated heterocycles. The van der Waals surface area contributed by atoms with Crippen LogP contribution in [-0.4, -0.2) is 48.6 Å². The van der Waals surface area contributed by atoms with E-state index in [0.717, 1.165) is 29.7 Å². The molecule has 4 rings (SSSR count). The van der Waals surface area contributed by atoms with Crippen molar-refractivity contribution < 1.29 is 0 Å². The normalized spacial score (nSPS) is 44.5. The lowest BCUT2D eigenvalue weighted by Crippen LogP contribution is -2.52. The highest BCUT2D eigenvalue weighted by molar-refractivity contribution is 5.10. The quantitative estimate of drug-likeness (QED) is 0.735. The SMILES string of the molecule is CC1CCC(N2CCN(C[C@H]3C[C@@H]4C=C[C@H]3C4)CC2)CC1. The van der Waals surface area contributed by atoms with Gasteiger partial charge in [-0.2, -0.15) is 0 Å². The average Bonchev–Trinajstić information content (AvgIpc) is 3.12. The largest absolute Gasteiger partial charge is 0.300 e. The molecular weight excluding hydrogens is 256 g/mol. The molecule has 2 bridgehead atoms. The van der Waals surface area contributed by atoms with Crippen LogP contribution in [0.3, 0.4) is 0 Å². The van der Waals surface area contributed by atoms with E-state index in [0.29, 0.717) is 0 Å². The first kappa shape index (κ1) is 14.3. The lowest BCUT2D eigenvalue weighted by Gasteiger charge is -2.42. The second kappa shape index (κ2) is 6.04. The zero-order chi connectivity index (χ0) is 14.2. The molecule has 0 spiro atoms. The monoisotopic (exact) mass is 288 g/mol.